The number of aromatic nitrogens is 2. The molecule has 3 rings (SSSR count). The maximum Gasteiger partial charge on any atom is 0.241 e. The highest BCUT2D eigenvalue weighted by molar-refractivity contribution is 7.90. The molecule has 1 aliphatic carbocycles. The average Bonchev–Trinajstić information content (AvgIpc) is 3.18. The van der Waals surface area contributed by atoms with Gasteiger partial charge in [0.15, 0.2) is 5.82 Å². The van der Waals surface area contributed by atoms with Crippen molar-refractivity contribution in [3.05, 3.63) is 11.7 Å². The van der Waals surface area contributed by atoms with Gasteiger partial charge in [0, 0.05) is 19.1 Å². The molecule has 19 heavy (non-hydrogen) atoms. The lowest BCUT2D eigenvalue weighted by Crippen LogP contribution is -2.26. The van der Waals surface area contributed by atoms with E-state index in [-0.39, 0.29) is 17.7 Å². The van der Waals surface area contributed by atoms with Crippen LogP contribution < -0.4 is 4.72 Å². The molecule has 106 valence electrons. The molecule has 7 nitrogen and oxygen atoms in total. The summed E-state index contributed by atoms with van der Waals surface area (Å²) >= 11 is 0. The van der Waals surface area contributed by atoms with E-state index in [2.05, 4.69) is 14.9 Å². The molecule has 2 fully saturated rings. The van der Waals surface area contributed by atoms with Crippen LogP contribution >= 0.6 is 0 Å². The van der Waals surface area contributed by atoms with Gasteiger partial charge in [0.1, 0.15) is 0 Å². The fraction of sp³-hybridized carbons (Fsp3) is 0.818. The van der Waals surface area contributed by atoms with Crippen molar-refractivity contribution < 1.29 is 17.7 Å². The van der Waals surface area contributed by atoms with E-state index >= 15 is 0 Å². The lowest BCUT2D eigenvalue weighted by Gasteiger charge is -2.18. The van der Waals surface area contributed by atoms with Crippen molar-refractivity contribution in [1.82, 2.24) is 14.9 Å². The zero-order valence-corrected chi connectivity index (χ0v) is 11.4. The lowest BCUT2D eigenvalue weighted by atomic mass is 10.00. The van der Waals surface area contributed by atoms with Crippen molar-refractivity contribution in [3.63, 3.8) is 0 Å². The molecule has 2 heterocycles. The maximum atomic E-state index is 11.7. The third kappa shape index (κ3) is 3.13. The van der Waals surface area contributed by atoms with Gasteiger partial charge in [0.2, 0.25) is 15.9 Å². The molecule has 0 radical (unpaired) electrons. The molecule has 1 aromatic rings. The Balaban J connectivity index is 1.58. The molecule has 0 amide bonds. The van der Waals surface area contributed by atoms with Gasteiger partial charge in [-0.15, -0.1) is 0 Å². The minimum atomic E-state index is -3.20. The van der Waals surface area contributed by atoms with E-state index in [0.29, 0.717) is 24.9 Å². The van der Waals surface area contributed by atoms with Crippen LogP contribution in [0.1, 0.15) is 43.3 Å². The minimum absolute atomic E-state index is 0.0784. The lowest BCUT2D eigenvalue weighted by molar-refractivity contribution is 0.0830. The van der Waals surface area contributed by atoms with Crippen LogP contribution in [-0.4, -0.2) is 37.0 Å². The third-order valence-electron chi connectivity index (χ3n) is 3.46. The monoisotopic (exact) mass is 287 g/mol. The van der Waals surface area contributed by atoms with E-state index in [9.17, 15) is 8.42 Å². The Morgan fingerprint density at radius 1 is 1.21 bits per heavy atom. The Labute approximate surface area is 111 Å². The second-order valence-corrected chi connectivity index (χ2v) is 7.04. The van der Waals surface area contributed by atoms with Crippen LogP contribution in [0.4, 0.5) is 0 Å². The minimum Gasteiger partial charge on any atom is -0.381 e. The van der Waals surface area contributed by atoms with Crippen LogP contribution in [0.2, 0.25) is 0 Å². The third-order valence-corrected chi connectivity index (χ3v) is 5.35. The van der Waals surface area contributed by atoms with Crippen LogP contribution in [0.3, 0.4) is 0 Å². The molecular formula is C11H17N3O4S. The summed E-state index contributed by atoms with van der Waals surface area (Å²) < 4.78 is 36.2. The zero-order valence-electron chi connectivity index (χ0n) is 10.5. The summed E-state index contributed by atoms with van der Waals surface area (Å²) in [6, 6.07) is 0. The van der Waals surface area contributed by atoms with Crippen LogP contribution in [0.5, 0.6) is 0 Å². The highest BCUT2D eigenvalue weighted by atomic mass is 32.2. The first kappa shape index (κ1) is 13.0. The van der Waals surface area contributed by atoms with E-state index in [1.54, 1.807) is 0 Å². The fourth-order valence-corrected chi connectivity index (χ4v) is 3.44. The Morgan fingerprint density at radius 3 is 2.63 bits per heavy atom. The van der Waals surface area contributed by atoms with Crippen molar-refractivity contribution in [3.8, 4) is 0 Å². The SMILES string of the molecule is O=S(=O)(NCc1nc(C2CCOCC2)no1)C1CC1. The average molecular weight is 287 g/mol. The second kappa shape index (κ2) is 5.18. The molecule has 1 saturated heterocycles. The summed E-state index contributed by atoms with van der Waals surface area (Å²) in [4.78, 5) is 4.26. The first-order valence-corrected chi connectivity index (χ1v) is 8.08. The van der Waals surface area contributed by atoms with Crippen LogP contribution in [-0.2, 0) is 21.3 Å². The second-order valence-electron chi connectivity index (χ2n) is 5.00. The molecule has 1 saturated carbocycles. The fourth-order valence-electron chi connectivity index (χ4n) is 2.12. The molecule has 1 N–H and O–H groups in total. The van der Waals surface area contributed by atoms with Crippen molar-refractivity contribution in [2.24, 2.45) is 0 Å². The van der Waals surface area contributed by atoms with Crippen molar-refractivity contribution in [1.29, 1.82) is 0 Å². The van der Waals surface area contributed by atoms with Gasteiger partial charge in [-0.05, 0) is 25.7 Å². The van der Waals surface area contributed by atoms with Gasteiger partial charge in [-0.25, -0.2) is 13.1 Å². The number of sulfonamides is 1. The first-order valence-electron chi connectivity index (χ1n) is 6.54. The summed E-state index contributed by atoms with van der Waals surface area (Å²) in [6.07, 6.45) is 3.25. The molecule has 0 unspecified atom stereocenters. The smallest absolute Gasteiger partial charge is 0.241 e. The van der Waals surface area contributed by atoms with Gasteiger partial charge in [-0.2, -0.15) is 4.98 Å². The van der Waals surface area contributed by atoms with E-state index in [0.717, 1.165) is 25.7 Å². The normalized spacial score (nSPS) is 21.7. The van der Waals surface area contributed by atoms with Gasteiger partial charge in [0.25, 0.3) is 0 Å². The van der Waals surface area contributed by atoms with Crippen LogP contribution in [0, 0.1) is 0 Å². The summed E-state index contributed by atoms with van der Waals surface area (Å²) in [7, 11) is -3.20. The van der Waals surface area contributed by atoms with Gasteiger partial charge in [-0.3, -0.25) is 0 Å². The molecule has 0 aromatic carbocycles. The molecule has 0 spiro atoms. The van der Waals surface area contributed by atoms with E-state index < -0.39 is 10.0 Å². The molecule has 0 bridgehead atoms. The quantitative estimate of drug-likeness (QED) is 0.849. The standard InChI is InChI=1S/C11H17N3O4S/c15-19(16,9-1-2-9)12-7-10-13-11(14-18-10)8-3-5-17-6-4-8/h8-9,12H,1-7H2. The van der Waals surface area contributed by atoms with Crippen molar-refractivity contribution >= 4 is 10.0 Å². The van der Waals surface area contributed by atoms with Gasteiger partial charge >= 0.3 is 0 Å². The predicted molar refractivity (Wildman–Crippen MR) is 65.9 cm³/mol. The van der Waals surface area contributed by atoms with E-state index in [1.165, 1.54) is 0 Å². The first-order chi connectivity index (χ1) is 9.15. The number of nitrogens with zero attached hydrogens (tertiary/aromatic N) is 2. The largest absolute Gasteiger partial charge is 0.381 e. The topological polar surface area (TPSA) is 94.3 Å². The van der Waals surface area contributed by atoms with Gasteiger partial charge < -0.3 is 9.26 Å². The molecular weight excluding hydrogens is 270 g/mol. The summed E-state index contributed by atoms with van der Waals surface area (Å²) in [5.41, 5.74) is 0. The molecule has 0 atom stereocenters. The number of ether oxygens (including phenoxy) is 1. The number of hydrogen-bond acceptors (Lipinski definition) is 6. The Morgan fingerprint density at radius 2 is 1.95 bits per heavy atom. The van der Waals surface area contributed by atoms with Crippen molar-refractivity contribution in [2.45, 2.75) is 43.4 Å². The Kier molecular flexibility index (Phi) is 3.55. The molecule has 1 aliphatic heterocycles. The zero-order chi connectivity index (χ0) is 13.3. The summed E-state index contributed by atoms with van der Waals surface area (Å²) in [5, 5.41) is 3.69. The predicted octanol–water partition coefficient (Wildman–Crippen LogP) is 0.545. The van der Waals surface area contributed by atoms with Crippen LogP contribution in [0.15, 0.2) is 4.52 Å². The highest BCUT2D eigenvalue weighted by Gasteiger charge is 2.35. The Hall–Kier alpha value is -0.990. The summed E-state index contributed by atoms with van der Waals surface area (Å²) in [6.45, 7) is 1.50. The Bertz CT molecular complexity index is 532. The molecule has 8 heteroatoms. The summed E-state index contributed by atoms with van der Waals surface area (Å²) in [5.74, 6) is 1.24. The van der Waals surface area contributed by atoms with E-state index in [4.69, 9.17) is 9.26 Å². The number of rotatable bonds is 5. The van der Waals surface area contributed by atoms with Gasteiger partial charge in [0.05, 0.1) is 11.8 Å². The highest BCUT2D eigenvalue weighted by Crippen LogP contribution is 2.27. The molecule has 1 aromatic heterocycles. The van der Waals surface area contributed by atoms with E-state index in [1.807, 2.05) is 0 Å². The van der Waals surface area contributed by atoms with Crippen molar-refractivity contribution in [2.75, 3.05) is 13.2 Å². The number of nitrogens with one attached hydrogen (secondary N) is 1. The number of hydrogen-bond donors (Lipinski definition) is 1. The maximum absolute atomic E-state index is 11.7. The van der Waals surface area contributed by atoms with Crippen LogP contribution in [0.25, 0.3) is 0 Å². The van der Waals surface area contributed by atoms with Gasteiger partial charge in [-0.1, -0.05) is 5.16 Å². The molecule has 2 aliphatic rings.